The Morgan fingerprint density at radius 1 is 1.08 bits per heavy atom. The van der Waals surface area contributed by atoms with Crippen molar-refractivity contribution < 1.29 is 31.7 Å². The molecule has 15 heteroatoms. The van der Waals surface area contributed by atoms with Crippen molar-refractivity contribution in [3.8, 4) is 28.3 Å². The number of anilines is 2. The first kappa shape index (κ1) is 38.5. The fraction of sp³-hybridized carbons (Fsp3) is 0.316. The van der Waals surface area contributed by atoms with Crippen LogP contribution in [0.3, 0.4) is 0 Å². The number of likely N-dealkylation sites (tertiary alicyclic amines) is 1. The van der Waals surface area contributed by atoms with E-state index in [0.717, 1.165) is 53.6 Å². The van der Waals surface area contributed by atoms with Crippen LogP contribution in [0, 0.1) is 5.92 Å². The molecule has 4 heterocycles. The standard InChI is InChI=1S/C38H37Cl2N7O5.Mn/c1-44-29-12-14-41-35(32(29)37(50)45(2)38(44)51)42-27-9-5-7-25(34(27)40)24-6-4-8-26(33(24)39)28-18-23-10-11-30(31(23)36(43-28)52-3)47-15-13-22(20-47)19-46(21-49)16-17-48;/h4-9,12,14,18,30,48H,10-11,13,15-17,19-20H2,1-3H3,(H,41,42);/q-2;+2/t30-;/m0./s1. The number of benzene rings is 2. The van der Waals surface area contributed by atoms with E-state index in [4.69, 9.17) is 32.9 Å². The summed E-state index contributed by atoms with van der Waals surface area (Å²) in [4.78, 5) is 50.3. The molecular formula is C38H37Cl2MnN7O5. The van der Waals surface area contributed by atoms with E-state index in [2.05, 4.69) is 21.3 Å². The van der Waals surface area contributed by atoms with Crippen LogP contribution < -0.4 is 21.3 Å². The van der Waals surface area contributed by atoms with E-state index in [1.165, 1.54) is 28.6 Å². The second kappa shape index (κ2) is 16.0. The van der Waals surface area contributed by atoms with Gasteiger partial charge in [-0.3, -0.25) is 19.8 Å². The molecule has 1 radical (unpaired) electrons. The predicted octanol–water partition coefficient (Wildman–Crippen LogP) is 5.05. The van der Waals surface area contributed by atoms with Crippen molar-refractivity contribution in [2.45, 2.75) is 25.3 Å². The van der Waals surface area contributed by atoms with E-state index < -0.39 is 11.2 Å². The third-order valence-corrected chi connectivity index (χ3v) is 10.9. The van der Waals surface area contributed by atoms with Crippen molar-refractivity contribution in [3.05, 3.63) is 103 Å². The first-order valence-electron chi connectivity index (χ1n) is 16.9. The molecule has 2 N–H and O–H groups in total. The molecule has 0 bridgehead atoms. The largest absolute Gasteiger partial charge is 2.00 e. The maximum atomic E-state index is 13.2. The summed E-state index contributed by atoms with van der Waals surface area (Å²) in [5, 5.41) is 13.6. The molecule has 3 aromatic heterocycles. The van der Waals surface area contributed by atoms with E-state index >= 15 is 0 Å². The summed E-state index contributed by atoms with van der Waals surface area (Å²) in [6, 6.07) is 15.1. The molecule has 0 spiro atoms. The summed E-state index contributed by atoms with van der Waals surface area (Å²) in [6.45, 7) is 2.30. The summed E-state index contributed by atoms with van der Waals surface area (Å²) in [6.07, 6.45) is 6.11. The normalized spacial score (nSPS) is 15.7. The van der Waals surface area contributed by atoms with Gasteiger partial charge in [0.05, 0.1) is 40.7 Å². The summed E-state index contributed by atoms with van der Waals surface area (Å²) >= 11 is 14.2. The number of aromatic nitrogens is 4. The smallest absolute Gasteiger partial charge is 0.540 e. The number of hydrogen-bond donors (Lipinski definition) is 2. The van der Waals surface area contributed by atoms with Crippen molar-refractivity contribution in [2.24, 2.45) is 14.1 Å². The van der Waals surface area contributed by atoms with Gasteiger partial charge in [-0.05, 0) is 43.1 Å². The monoisotopic (exact) mass is 796 g/mol. The van der Waals surface area contributed by atoms with Gasteiger partial charge in [-0.15, -0.1) is 13.1 Å². The van der Waals surface area contributed by atoms with Crippen LogP contribution in [0.5, 0.6) is 5.88 Å². The van der Waals surface area contributed by atoms with Crippen molar-refractivity contribution in [1.82, 2.24) is 28.9 Å². The number of hydrogen-bond acceptors (Lipinski definition) is 9. The van der Waals surface area contributed by atoms with E-state index in [1.807, 2.05) is 36.7 Å². The van der Waals surface area contributed by atoms with Crippen LogP contribution in [0.4, 0.5) is 11.5 Å². The van der Waals surface area contributed by atoms with Crippen LogP contribution in [0.15, 0.2) is 64.3 Å². The topological polar surface area (TPSA) is 135 Å². The number of methoxy groups -OCH3 is 1. The average molecular weight is 798 g/mol. The number of aryl methyl sites for hydroxylation is 2. The maximum Gasteiger partial charge on any atom is 2.00 e. The second-order valence-corrected chi connectivity index (χ2v) is 13.8. The third kappa shape index (κ3) is 7.09. The molecular weight excluding hydrogens is 760 g/mol. The molecule has 1 aliphatic carbocycles. The van der Waals surface area contributed by atoms with Crippen LogP contribution in [0.25, 0.3) is 33.3 Å². The van der Waals surface area contributed by atoms with Gasteiger partial charge < -0.3 is 29.8 Å². The zero-order valence-electron chi connectivity index (χ0n) is 29.3. The zero-order valence-corrected chi connectivity index (χ0v) is 32.0. The molecule has 1 saturated heterocycles. The number of nitrogens with zero attached hydrogens (tertiary/aromatic N) is 6. The summed E-state index contributed by atoms with van der Waals surface area (Å²) in [5.74, 6) is 2.06. The molecule has 1 fully saturated rings. The van der Waals surface area contributed by atoms with Gasteiger partial charge in [0, 0.05) is 55.1 Å². The second-order valence-electron chi connectivity index (χ2n) is 13.1. The van der Waals surface area contributed by atoms with Gasteiger partial charge in [-0.1, -0.05) is 53.5 Å². The number of aliphatic hydroxyl groups excluding tert-OH is 1. The maximum absolute atomic E-state index is 13.2. The molecule has 275 valence electrons. The number of aliphatic hydroxyl groups is 1. The number of halogens is 2. The number of fused-ring (bicyclic) bond motifs is 2. The van der Waals surface area contributed by atoms with Gasteiger partial charge in [0.1, 0.15) is 11.2 Å². The Labute approximate surface area is 326 Å². The molecule has 1 aliphatic heterocycles. The van der Waals surface area contributed by atoms with Crippen LogP contribution in [-0.4, -0.2) is 80.3 Å². The molecule has 2 aliphatic rings. The minimum absolute atomic E-state index is 0. The SMILES string of the molecule is COc1nc(-c2cccc(-c3cccc(Nc4nccc5c4c(=O)n(C)c(=O)n5C)c3Cl)c2Cl)cc2c1[C@@H](N1CC[C-](CN([C-]=O)CCO)C1)CC2.[Mn+2]. The van der Waals surface area contributed by atoms with Gasteiger partial charge in [-0.25, -0.2) is 14.8 Å². The third-order valence-electron chi connectivity index (χ3n) is 10.1. The molecule has 1 atom stereocenters. The minimum Gasteiger partial charge on any atom is -0.540 e. The Hall–Kier alpha value is -4.23. The van der Waals surface area contributed by atoms with Gasteiger partial charge in [-0.2, -0.15) is 12.8 Å². The van der Waals surface area contributed by atoms with E-state index in [0.29, 0.717) is 50.5 Å². The Morgan fingerprint density at radius 3 is 2.55 bits per heavy atom. The molecule has 1 amide bonds. The predicted molar refractivity (Wildman–Crippen MR) is 202 cm³/mol. The Kier molecular flexibility index (Phi) is 11.6. The number of carbonyl (C=O) groups excluding carboxylic acids is 1. The summed E-state index contributed by atoms with van der Waals surface area (Å²) in [7, 11) is 4.67. The van der Waals surface area contributed by atoms with Crippen molar-refractivity contribution in [1.29, 1.82) is 0 Å². The number of amides is 1. The zero-order chi connectivity index (χ0) is 36.7. The van der Waals surface area contributed by atoms with Gasteiger partial charge in [0.2, 0.25) is 5.88 Å². The Bertz CT molecular complexity index is 2320. The van der Waals surface area contributed by atoms with Crippen molar-refractivity contribution in [3.63, 3.8) is 0 Å². The van der Waals surface area contributed by atoms with E-state index in [9.17, 15) is 19.5 Å². The minimum atomic E-state index is -0.470. The van der Waals surface area contributed by atoms with Crippen molar-refractivity contribution in [2.75, 3.05) is 45.2 Å². The molecule has 53 heavy (non-hydrogen) atoms. The van der Waals surface area contributed by atoms with Gasteiger partial charge >= 0.3 is 22.8 Å². The average Bonchev–Trinajstić information content (AvgIpc) is 3.80. The number of ether oxygens (including phenoxy) is 1. The van der Waals surface area contributed by atoms with Crippen LogP contribution in [0.1, 0.15) is 30.0 Å². The molecule has 7 rings (SSSR count). The number of pyridine rings is 2. The first-order valence-corrected chi connectivity index (χ1v) is 17.7. The summed E-state index contributed by atoms with van der Waals surface area (Å²) in [5.41, 5.74) is 5.05. The van der Waals surface area contributed by atoms with E-state index in [1.54, 1.807) is 26.3 Å². The van der Waals surface area contributed by atoms with Gasteiger partial charge in [0.15, 0.2) is 0 Å². The summed E-state index contributed by atoms with van der Waals surface area (Å²) < 4.78 is 8.35. The van der Waals surface area contributed by atoms with Crippen LogP contribution >= 0.6 is 23.2 Å². The number of rotatable bonds is 11. The molecule has 5 aromatic rings. The van der Waals surface area contributed by atoms with Crippen LogP contribution in [-0.2, 0) is 42.4 Å². The molecule has 0 saturated carbocycles. The molecule has 12 nitrogen and oxygen atoms in total. The van der Waals surface area contributed by atoms with E-state index in [-0.39, 0.29) is 47.5 Å². The Morgan fingerprint density at radius 2 is 1.81 bits per heavy atom. The number of nitrogens with one attached hydrogen (secondary N) is 1. The first-order chi connectivity index (χ1) is 25.1. The van der Waals surface area contributed by atoms with Crippen LogP contribution in [0.2, 0.25) is 10.0 Å². The fourth-order valence-electron chi connectivity index (χ4n) is 7.45. The molecule has 2 aromatic carbocycles. The van der Waals surface area contributed by atoms with Gasteiger partial charge in [0.25, 0.3) is 5.56 Å². The fourth-order valence-corrected chi connectivity index (χ4v) is 8.05. The Balaban J connectivity index is 0.00000481. The quantitative estimate of drug-likeness (QED) is 0.107. The van der Waals surface area contributed by atoms with Crippen molar-refractivity contribution >= 4 is 52.0 Å². The molecule has 0 unspecified atom stereocenters.